The molecule has 0 bridgehead atoms. The number of rotatable bonds is 3. The summed E-state index contributed by atoms with van der Waals surface area (Å²) < 4.78 is 27.1. The lowest BCUT2D eigenvalue weighted by molar-refractivity contribution is 0.476. The van der Waals surface area contributed by atoms with Crippen molar-refractivity contribution in [3.63, 3.8) is 0 Å². The van der Waals surface area contributed by atoms with Crippen LogP contribution in [0.3, 0.4) is 0 Å². The van der Waals surface area contributed by atoms with Crippen LogP contribution in [0, 0.1) is 6.92 Å². The number of hydrogen-bond donors (Lipinski definition) is 1. The van der Waals surface area contributed by atoms with Gasteiger partial charge in [-0.1, -0.05) is 0 Å². The van der Waals surface area contributed by atoms with Crippen LogP contribution in [0.4, 0.5) is 0 Å². The van der Waals surface area contributed by atoms with Gasteiger partial charge in [-0.15, -0.1) is 0 Å². The molecule has 1 rings (SSSR count). The molecule has 0 aliphatic rings. The minimum Gasteiger partial charge on any atom is -0.463 e. The van der Waals surface area contributed by atoms with Crippen LogP contribution in [0.2, 0.25) is 0 Å². The van der Waals surface area contributed by atoms with Crippen LogP contribution < -0.4 is 5.73 Å². The molecule has 0 spiro atoms. The highest BCUT2D eigenvalue weighted by molar-refractivity contribution is 7.89. The van der Waals surface area contributed by atoms with Gasteiger partial charge in [0.05, 0.1) is 6.54 Å². The van der Waals surface area contributed by atoms with E-state index in [1.807, 2.05) is 6.92 Å². The summed E-state index contributed by atoms with van der Waals surface area (Å²) in [4.78, 5) is 0. The normalized spacial score (nSPS) is 11.9. The molecule has 1 heterocycles. The summed E-state index contributed by atoms with van der Waals surface area (Å²) in [5.74, 6) is 1.05. The van der Waals surface area contributed by atoms with Crippen molar-refractivity contribution in [3.8, 4) is 0 Å². The summed E-state index contributed by atoms with van der Waals surface area (Å²) in [7, 11) is -3.02. The van der Waals surface area contributed by atoms with Crippen molar-refractivity contribution < 1.29 is 12.8 Å². The number of nitrogens with two attached hydrogens (primary N) is 1. The molecule has 1 aromatic heterocycles. The maximum Gasteiger partial charge on any atom is 0.154 e. The van der Waals surface area contributed by atoms with Gasteiger partial charge in [0.25, 0.3) is 0 Å². The molecule has 0 fully saturated rings. The Bertz CT molecular complexity index is 392. The molecular formula is C8H13NO3S. The van der Waals surface area contributed by atoms with Crippen molar-refractivity contribution in [2.45, 2.75) is 19.2 Å². The summed E-state index contributed by atoms with van der Waals surface area (Å²) in [5, 5.41) is 0. The Labute approximate surface area is 77.7 Å². The molecule has 0 aromatic carbocycles. The molecule has 0 atom stereocenters. The molecule has 0 aliphatic heterocycles. The molecular weight excluding hydrogens is 190 g/mol. The summed E-state index contributed by atoms with van der Waals surface area (Å²) in [6.07, 6.45) is 1.17. The molecule has 74 valence electrons. The third-order valence-electron chi connectivity index (χ3n) is 1.66. The van der Waals surface area contributed by atoms with Crippen LogP contribution in [0.5, 0.6) is 0 Å². The fraction of sp³-hybridized carbons (Fsp3) is 0.500. The number of sulfone groups is 1. The van der Waals surface area contributed by atoms with Crippen molar-refractivity contribution in [2.75, 3.05) is 6.26 Å². The van der Waals surface area contributed by atoms with Crippen molar-refractivity contribution in [1.29, 1.82) is 0 Å². The van der Waals surface area contributed by atoms with Gasteiger partial charge in [0.15, 0.2) is 9.84 Å². The highest BCUT2D eigenvalue weighted by Crippen LogP contribution is 2.15. The first-order valence-electron chi connectivity index (χ1n) is 3.88. The van der Waals surface area contributed by atoms with E-state index < -0.39 is 9.84 Å². The minimum atomic E-state index is -3.02. The molecule has 5 heteroatoms. The Morgan fingerprint density at radius 1 is 1.54 bits per heavy atom. The number of furan rings is 1. The Kier molecular flexibility index (Phi) is 2.77. The number of hydrogen-bond acceptors (Lipinski definition) is 4. The van der Waals surface area contributed by atoms with Crippen LogP contribution in [0.1, 0.15) is 17.1 Å². The van der Waals surface area contributed by atoms with E-state index in [2.05, 4.69) is 0 Å². The predicted molar refractivity (Wildman–Crippen MR) is 49.9 cm³/mol. The van der Waals surface area contributed by atoms with Crippen molar-refractivity contribution in [3.05, 3.63) is 23.2 Å². The zero-order valence-electron chi connectivity index (χ0n) is 7.70. The highest BCUT2D eigenvalue weighted by atomic mass is 32.2. The van der Waals surface area contributed by atoms with Crippen LogP contribution in [-0.4, -0.2) is 14.7 Å². The quantitative estimate of drug-likeness (QED) is 0.780. The largest absolute Gasteiger partial charge is 0.463 e. The van der Waals surface area contributed by atoms with E-state index in [0.717, 1.165) is 5.56 Å². The van der Waals surface area contributed by atoms with Gasteiger partial charge >= 0.3 is 0 Å². The van der Waals surface area contributed by atoms with Crippen LogP contribution >= 0.6 is 0 Å². The van der Waals surface area contributed by atoms with Crippen molar-refractivity contribution in [1.82, 2.24) is 0 Å². The van der Waals surface area contributed by atoms with E-state index in [0.29, 0.717) is 18.1 Å². The monoisotopic (exact) mass is 203 g/mol. The molecule has 0 unspecified atom stereocenters. The summed E-state index contributed by atoms with van der Waals surface area (Å²) >= 11 is 0. The molecule has 4 nitrogen and oxygen atoms in total. The Morgan fingerprint density at radius 2 is 2.15 bits per heavy atom. The van der Waals surface area contributed by atoms with Crippen LogP contribution in [-0.2, 0) is 22.1 Å². The Morgan fingerprint density at radius 3 is 2.54 bits per heavy atom. The van der Waals surface area contributed by atoms with Gasteiger partial charge in [-0.25, -0.2) is 8.42 Å². The molecule has 0 radical (unpaired) electrons. The standard InChI is InChI=1S/C8H13NO3S/c1-6-3-7(5-13(2,10)11)12-8(6)4-9/h3H,4-5,9H2,1-2H3. The molecule has 0 saturated heterocycles. The fourth-order valence-corrected chi connectivity index (χ4v) is 1.78. The molecule has 2 N–H and O–H groups in total. The lowest BCUT2D eigenvalue weighted by Gasteiger charge is -1.93. The van der Waals surface area contributed by atoms with Gasteiger partial charge in [0.2, 0.25) is 0 Å². The average molecular weight is 203 g/mol. The fourth-order valence-electron chi connectivity index (χ4n) is 1.12. The average Bonchev–Trinajstić information content (AvgIpc) is 2.26. The Hall–Kier alpha value is -0.810. The van der Waals surface area contributed by atoms with E-state index in [1.54, 1.807) is 6.07 Å². The maximum atomic E-state index is 10.9. The van der Waals surface area contributed by atoms with Crippen LogP contribution in [0.15, 0.2) is 10.5 Å². The molecule has 1 aromatic rings. The highest BCUT2D eigenvalue weighted by Gasteiger charge is 2.11. The van der Waals surface area contributed by atoms with Crippen molar-refractivity contribution >= 4 is 9.84 Å². The van der Waals surface area contributed by atoms with E-state index in [4.69, 9.17) is 10.2 Å². The lowest BCUT2D eigenvalue weighted by atomic mass is 10.3. The third-order valence-corrected chi connectivity index (χ3v) is 2.47. The third kappa shape index (κ3) is 2.86. The zero-order valence-corrected chi connectivity index (χ0v) is 8.52. The summed E-state index contributed by atoms with van der Waals surface area (Å²) in [5.41, 5.74) is 6.29. The van der Waals surface area contributed by atoms with Gasteiger partial charge in [-0.2, -0.15) is 0 Å². The van der Waals surface area contributed by atoms with Gasteiger partial charge in [0, 0.05) is 6.26 Å². The smallest absolute Gasteiger partial charge is 0.154 e. The van der Waals surface area contributed by atoms with Gasteiger partial charge in [-0.05, 0) is 18.6 Å². The second kappa shape index (κ2) is 3.51. The van der Waals surface area contributed by atoms with Crippen LogP contribution in [0.25, 0.3) is 0 Å². The zero-order chi connectivity index (χ0) is 10.1. The summed E-state index contributed by atoms with van der Waals surface area (Å²) in [6, 6.07) is 1.71. The first kappa shape index (κ1) is 10.3. The topological polar surface area (TPSA) is 73.3 Å². The summed E-state index contributed by atoms with van der Waals surface area (Å²) in [6.45, 7) is 2.15. The first-order valence-corrected chi connectivity index (χ1v) is 5.94. The maximum absolute atomic E-state index is 10.9. The minimum absolute atomic E-state index is 0.0617. The molecule has 0 aliphatic carbocycles. The van der Waals surface area contributed by atoms with E-state index in [9.17, 15) is 8.42 Å². The van der Waals surface area contributed by atoms with E-state index in [1.165, 1.54) is 6.26 Å². The Balaban J connectivity index is 2.92. The van der Waals surface area contributed by atoms with Gasteiger partial charge in [0.1, 0.15) is 17.3 Å². The van der Waals surface area contributed by atoms with Gasteiger partial charge < -0.3 is 10.2 Å². The predicted octanol–water partition coefficient (Wildman–Crippen LogP) is 0.591. The van der Waals surface area contributed by atoms with Gasteiger partial charge in [-0.3, -0.25) is 0 Å². The second-order valence-electron chi connectivity index (χ2n) is 3.09. The second-order valence-corrected chi connectivity index (χ2v) is 5.23. The first-order chi connectivity index (χ1) is 5.92. The van der Waals surface area contributed by atoms with E-state index in [-0.39, 0.29) is 5.75 Å². The SMILES string of the molecule is Cc1cc(CS(C)(=O)=O)oc1CN. The van der Waals surface area contributed by atoms with Crippen molar-refractivity contribution in [2.24, 2.45) is 5.73 Å². The molecule has 0 amide bonds. The molecule has 13 heavy (non-hydrogen) atoms. The number of aryl methyl sites for hydroxylation is 1. The molecule has 0 saturated carbocycles. The van der Waals surface area contributed by atoms with E-state index >= 15 is 0 Å². The lowest BCUT2D eigenvalue weighted by Crippen LogP contribution is -1.99.